The zero-order chi connectivity index (χ0) is 14.3. The minimum atomic E-state index is -3.32. The molecule has 0 aromatic heterocycles. The van der Waals surface area contributed by atoms with Crippen molar-refractivity contribution in [3.05, 3.63) is 12.2 Å². The molecule has 0 rings (SSSR count). The van der Waals surface area contributed by atoms with Crippen LogP contribution in [0.3, 0.4) is 0 Å². The van der Waals surface area contributed by atoms with Crippen molar-refractivity contribution in [3.63, 3.8) is 0 Å². The molecule has 4 nitrogen and oxygen atoms in total. The van der Waals surface area contributed by atoms with Gasteiger partial charge in [-0.25, -0.2) is 0 Å². The van der Waals surface area contributed by atoms with Gasteiger partial charge in [0.1, 0.15) is 5.78 Å². The van der Waals surface area contributed by atoms with E-state index in [1.807, 2.05) is 6.92 Å². The van der Waals surface area contributed by atoms with Crippen molar-refractivity contribution >= 4 is 25.0 Å². The molecule has 2 atom stereocenters. The van der Waals surface area contributed by atoms with E-state index in [0.29, 0.717) is 18.4 Å². The molecule has 0 aromatic carbocycles. The van der Waals surface area contributed by atoms with Gasteiger partial charge in [0.15, 0.2) is 0 Å². The monoisotopic (exact) mass is 296 g/mol. The van der Waals surface area contributed by atoms with Crippen LogP contribution >= 0.6 is 19.2 Å². The first kappa shape index (κ1) is 17.8. The first-order valence-electron chi connectivity index (χ1n) is 5.82. The highest BCUT2D eigenvalue weighted by Gasteiger charge is 2.40. The minimum Gasteiger partial charge on any atom is -0.312 e. The van der Waals surface area contributed by atoms with Gasteiger partial charge in [-0.1, -0.05) is 20.4 Å². The highest BCUT2D eigenvalue weighted by atomic mass is 35.5. The largest absolute Gasteiger partial charge is 0.337 e. The number of hydrogen-bond acceptors (Lipinski definition) is 4. The van der Waals surface area contributed by atoms with Gasteiger partial charge in [0.25, 0.3) is 0 Å². The Hall–Kier alpha value is -0.150. The Labute approximate surface area is 114 Å². The van der Waals surface area contributed by atoms with Gasteiger partial charge < -0.3 is 9.05 Å². The molecule has 0 fully saturated rings. The molecule has 0 amide bonds. The minimum absolute atomic E-state index is 0.105. The first-order valence-corrected chi connectivity index (χ1v) is 7.97. The van der Waals surface area contributed by atoms with Crippen LogP contribution in [-0.2, 0) is 18.4 Å². The van der Waals surface area contributed by atoms with Gasteiger partial charge in [0.2, 0.25) is 0 Å². The molecule has 106 valence electrons. The molecule has 0 aliphatic rings. The maximum absolute atomic E-state index is 12.5. The van der Waals surface area contributed by atoms with E-state index in [1.54, 1.807) is 6.92 Å². The molecule has 0 bridgehead atoms. The summed E-state index contributed by atoms with van der Waals surface area (Å²) in [7, 11) is -0.670. The molecule has 0 saturated carbocycles. The molecule has 0 heterocycles. The summed E-state index contributed by atoms with van der Waals surface area (Å²) in [5, 5.41) is 0. The van der Waals surface area contributed by atoms with Crippen LogP contribution in [0.5, 0.6) is 0 Å². The summed E-state index contributed by atoms with van der Waals surface area (Å²) in [6.07, 6.45) is 0.766. The third kappa shape index (κ3) is 4.51. The molecule has 0 N–H and O–H groups in total. The lowest BCUT2D eigenvalue weighted by atomic mass is 9.96. The Bertz CT molecular complexity index is 335. The van der Waals surface area contributed by atoms with Crippen LogP contribution in [0.15, 0.2) is 12.2 Å². The van der Waals surface area contributed by atoms with E-state index in [9.17, 15) is 9.36 Å². The topological polar surface area (TPSA) is 52.6 Å². The fourth-order valence-electron chi connectivity index (χ4n) is 1.93. The molecule has 0 unspecified atom stereocenters. The molecule has 0 aliphatic heterocycles. The van der Waals surface area contributed by atoms with Gasteiger partial charge in [-0.2, -0.15) is 0 Å². The summed E-state index contributed by atoms with van der Waals surface area (Å²) in [6.45, 7) is 7.45. The molecule has 0 radical (unpaired) electrons. The van der Waals surface area contributed by atoms with Crippen LogP contribution in [0.2, 0.25) is 0 Å². The number of carbonyl (C=O) groups excluding carboxylic acids is 1. The average molecular weight is 297 g/mol. The first-order chi connectivity index (χ1) is 8.36. The number of allylic oxidation sites excluding steroid dienone is 1. The highest BCUT2D eigenvalue weighted by Crippen LogP contribution is 2.57. The van der Waals surface area contributed by atoms with Crippen LogP contribution in [-0.4, -0.2) is 31.5 Å². The van der Waals surface area contributed by atoms with E-state index in [0.717, 1.165) is 0 Å². The van der Waals surface area contributed by atoms with Gasteiger partial charge in [-0.05, 0) is 11.5 Å². The number of rotatable bonds is 9. The maximum atomic E-state index is 12.5. The SMILES string of the molecule is C=C(CCl)[C@@H]([C@@H](C)CC(=O)CC)P(=O)(OC)OC. The van der Waals surface area contributed by atoms with E-state index in [4.69, 9.17) is 20.6 Å². The van der Waals surface area contributed by atoms with E-state index in [2.05, 4.69) is 6.58 Å². The van der Waals surface area contributed by atoms with Crippen LogP contribution in [0.4, 0.5) is 0 Å². The zero-order valence-corrected chi connectivity index (χ0v) is 13.1. The summed E-state index contributed by atoms with van der Waals surface area (Å²) in [5.41, 5.74) is 0.0144. The lowest BCUT2D eigenvalue weighted by Gasteiger charge is -2.30. The Morgan fingerprint density at radius 3 is 2.22 bits per heavy atom. The smallest absolute Gasteiger partial charge is 0.312 e. The third-order valence-corrected chi connectivity index (χ3v) is 5.84. The number of halogens is 1. The lowest BCUT2D eigenvalue weighted by molar-refractivity contribution is -0.119. The Balaban J connectivity index is 5.17. The second-order valence-corrected chi connectivity index (χ2v) is 6.85. The van der Waals surface area contributed by atoms with Gasteiger partial charge in [-0.15, -0.1) is 11.6 Å². The number of carbonyl (C=O) groups is 1. The van der Waals surface area contributed by atoms with Gasteiger partial charge in [-0.3, -0.25) is 9.36 Å². The molecule has 0 saturated heterocycles. The van der Waals surface area contributed by atoms with Crippen molar-refractivity contribution in [2.24, 2.45) is 5.92 Å². The quantitative estimate of drug-likeness (QED) is 0.370. The maximum Gasteiger partial charge on any atom is 0.337 e. The van der Waals surface area contributed by atoms with Crippen molar-refractivity contribution in [1.29, 1.82) is 0 Å². The van der Waals surface area contributed by atoms with Crippen LogP contribution in [0, 0.1) is 5.92 Å². The van der Waals surface area contributed by atoms with E-state index in [1.165, 1.54) is 14.2 Å². The molecular formula is C12H22ClO4P. The normalized spacial score (nSPS) is 15.2. The van der Waals surface area contributed by atoms with Gasteiger partial charge >= 0.3 is 7.60 Å². The van der Waals surface area contributed by atoms with E-state index < -0.39 is 13.3 Å². The predicted molar refractivity (Wildman–Crippen MR) is 74.4 cm³/mol. The Morgan fingerprint density at radius 2 is 1.89 bits per heavy atom. The van der Waals surface area contributed by atoms with Crippen molar-refractivity contribution in [2.45, 2.75) is 32.3 Å². The summed E-state index contributed by atoms with van der Waals surface area (Å²) in [6, 6.07) is 0. The summed E-state index contributed by atoms with van der Waals surface area (Å²) in [5.74, 6) is 0.0783. The second kappa shape index (κ2) is 8.11. The number of Topliss-reactive ketones (excluding diaryl/α,β-unsaturated/α-hetero) is 1. The van der Waals surface area contributed by atoms with E-state index in [-0.39, 0.29) is 17.6 Å². The molecule has 0 aliphatic carbocycles. The van der Waals surface area contributed by atoms with Crippen molar-refractivity contribution in [1.82, 2.24) is 0 Å². The fraction of sp³-hybridized carbons (Fsp3) is 0.750. The number of ketones is 1. The van der Waals surface area contributed by atoms with Crippen LogP contribution < -0.4 is 0 Å². The lowest BCUT2D eigenvalue weighted by Crippen LogP contribution is -2.25. The number of hydrogen-bond donors (Lipinski definition) is 0. The Morgan fingerprint density at radius 1 is 1.39 bits per heavy atom. The predicted octanol–water partition coefficient (Wildman–Crippen LogP) is 3.64. The van der Waals surface area contributed by atoms with Gasteiger partial charge in [0, 0.05) is 32.9 Å². The molecule has 6 heteroatoms. The van der Waals surface area contributed by atoms with Crippen LogP contribution in [0.25, 0.3) is 0 Å². The number of alkyl halides is 1. The fourth-order valence-corrected chi connectivity index (χ4v) is 4.08. The standard InChI is InChI=1S/C12H22ClO4P/c1-6-11(14)7-9(2)12(10(3)8-13)18(15,16-4)17-5/h9,12H,3,6-8H2,1-2,4-5H3/t9-,12+/m0/s1. The Kier molecular flexibility index (Phi) is 8.04. The molecular weight excluding hydrogens is 275 g/mol. The molecule has 0 spiro atoms. The van der Waals surface area contributed by atoms with Crippen molar-refractivity contribution in [2.75, 3.05) is 20.1 Å². The molecule has 0 aromatic rings. The second-order valence-electron chi connectivity index (χ2n) is 4.22. The zero-order valence-electron chi connectivity index (χ0n) is 11.4. The summed E-state index contributed by atoms with van der Waals surface area (Å²) < 4.78 is 22.5. The van der Waals surface area contributed by atoms with E-state index >= 15 is 0 Å². The van der Waals surface area contributed by atoms with Crippen molar-refractivity contribution in [3.8, 4) is 0 Å². The highest BCUT2D eigenvalue weighted by molar-refractivity contribution is 7.54. The summed E-state index contributed by atoms with van der Waals surface area (Å²) in [4.78, 5) is 11.5. The van der Waals surface area contributed by atoms with Gasteiger partial charge in [0.05, 0.1) is 5.66 Å². The molecule has 18 heavy (non-hydrogen) atoms. The summed E-state index contributed by atoms with van der Waals surface area (Å²) >= 11 is 5.76. The van der Waals surface area contributed by atoms with Crippen molar-refractivity contribution < 1.29 is 18.4 Å². The van der Waals surface area contributed by atoms with Crippen LogP contribution in [0.1, 0.15) is 26.7 Å². The third-order valence-electron chi connectivity index (χ3n) is 2.92. The average Bonchev–Trinajstić information content (AvgIpc) is 2.37.